The van der Waals surface area contributed by atoms with Gasteiger partial charge in [0.1, 0.15) is 0 Å². The van der Waals surface area contributed by atoms with Crippen LogP contribution < -0.4 is 0 Å². The van der Waals surface area contributed by atoms with Gasteiger partial charge < -0.3 is 0 Å². The summed E-state index contributed by atoms with van der Waals surface area (Å²) < 4.78 is 26.6. The minimum absolute atomic E-state index is 0.166. The van der Waals surface area contributed by atoms with Crippen molar-refractivity contribution in [3.05, 3.63) is 65.0 Å². The van der Waals surface area contributed by atoms with Crippen molar-refractivity contribution in [2.75, 3.05) is 0 Å². The smallest absolute Gasteiger partial charge is 0.163 e. The van der Waals surface area contributed by atoms with Gasteiger partial charge in [0.05, 0.1) is 5.38 Å². The number of alkyl halides is 1. The highest BCUT2D eigenvalue weighted by atomic mass is 35.5. The Hall–Kier alpha value is -1.48. The predicted octanol–water partition coefficient (Wildman–Crippen LogP) is 4.19. The topological polar surface area (TPSA) is 12.9 Å². The van der Waals surface area contributed by atoms with Crippen molar-refractivity contribution in [3.8, 4) is 0 Å². The van der Waals surface area contributed by atoms with Crippen LogP contribution in [-0.2, 0) is 6.42 Å². The molecular weight excluding hydrogens is 256 g/mol. The standard InChI is InChI=1S/C14H12ClF2N/c1-9-5-6-10(18-8-9)7-12(15)11-3-2-4-13(16)14(11)17/h2-6,8,12H,7H2,1H3. The first-order valence-corrected chi connectivity index (χ1v) is 6.01. The Balaban J connectivity index is 2.19. The van der Waals surface area contributed by atoms with Gasteiger partial charge in [0.2, 0.25) is 0 Å². The van der Waals surface area contributed by atoms with Gasteiger partial charge in [0, 0.05) is 23.9 Å². The molecule has 0 saturated carbocycles. The highest BCUT2D eigenvalue weighted by Gasteiger charge is 2.16. The number of hydrogen-bond acceptors (Lipinski definition) is 1. The normalized spacial score (nSPS) is 12.4. The van der Waals surface area contributed by atoms with Gasteiger partial charge in [0.25, 0.3) is 0 Å². The molecule has 1 unspecified atom stereocenters. The van der Waals surface area contributed by atoms with E-state index in [1.165, 1.54) is 12.1 Å². The highest BCUT2D eigenvalue weighted by Crippen LogP contribution is 2.27. The van der Waals surface area contributed by atoms with Gasteiger partial charge in [-0.3, -0.25) is 4.98 Å². The maximum Gasteiger partial charge on any atom is 0.163 e. The molecule has 0 saturated heterocycles. The summed E-state index contributed by atoms with van der Waals surface area (Å²) >= 11 is 6.11. The zero-order valence-corrected chi connectivity index (χ0v) is 10.6. The summed E-state index contributed by atoms with van der Waals surface area (Å²) in [5.74, 6) is -1.76. The van der Waals surface area contributed by atoms with Gasteiger partial charge in [-0.15, -0.1) is 11.6 Å². The molecule has 2 aromatic rings. The number of nitrogens with zero attached hydrogens (tertiary/aromatic N) is 1. The lowest BCUT2D eigenvalue weighted by Crippen LogP contribution is -2.02. The zero-order chi connectivity index (χ0) is 13.1. The monoisotopic (exact) mass is 267 g/mol. The van der Waals surface area contributed by atoms with Gasteiger partial charge >= 0.3 is 0 Å². The molecule has 0 aliphatic rings. The van der Waals surface area contributed by atoms with E-state index in [0.29, 0.717) is 6.42 Å². The molecule has 0 aliphatic heterocycles. The second-order valence-electron chi connectivity index (χ2n) is 4.14. The van der Waals surface area contributed by atoms with Crippen molar-refractivity contribution in [1.29, 1.82) is 0 Å². The molecule has 1 atom stereocenters. The predicted molar refractivity (Wildman–Crippen MR) is 67.6 cm³/mol. The highest BCUT2D eigenvalue weighted by molar-refractivity contribution is 6.20. The third-order valence-corrected chi connectivity index (χ3v) is 3.07. The quantitative estimate of drug-likeness (QED) is 0.760. The molecule has 0 fully saturated rings. The Morgan fingerprint density at radius 2 is 2.00 bits per heavy atom. The molecule has 0 amide bonds. The van der Waals surface area contributed by atoms with Crippen LogP contribution in [0.2, 0.25) is 0 Å². The summed E-state index contributed by atoms with van der Waals surface area (Å²) in [6.07, 6.45) is 2.09. The SMILES string of the molecule is Cc1ccc(CC(Cl)c2cccc(F)c2F)nc1. The van der Waals surface area contributed by atoms with Crippen LogP contribution in [0, 0.1) is 18.6 Å². The Labute approximate surface area is 109 Å². The van der Waals surface area contributed by atoms with Gasteiger partial charge in [0.15, 0.2) is 11.6 Å². The molecule has 4 heteroatoms. The molecule has 2 rings (SSSR count). The summed E-state index contributed by atoms with van der Waals surface area (Å²) in [5.41, 5.74) is 1.96. The second kappa shape index (κ2) is 5.44. The number of pyridine rings is 1. The Bertz CT molecular complexity index is 540. The average Bonchev–Trinajstić information content (AvgIpc) is 2.35. The third-order valence-electron chi connectivity index (χ3n) is 2.68. The van der Waals surface area contributed by atoms with E-state index in [1.807, 2.05) is 19.1 Å². The summed E-state index contributed by atoms with van der Waals surface area (Å²) in [6, 6.07) is 7.76. The van der Waals surface area contributed by atoms with E-state index >= 15 is 0 Å². The van der Waals surface area contributed by atoms with E-state index in [1.54, 1.807) is 6.20 Å². The lowest BCUT2D eigenvalue weighted by Gasteiger charge is -2.11. The third kappa shape index (κ3) is 2.85. The van der Waals surface area contributed by atoms with Crippen molar-refractivity contribution < 1.29 is 8.78 Å². The van der Waals surface area contributed by atoms with Crippen LogP contribution >= 0.6 is 11.6 Å². The molecular formula is C14H12ClF2N. The van der Waals surface area contributed by atoms with Crippen molar-refractivity contribution in [1.82, 2.24) is 4.98 Å². The first-order valence-electron chi connectivity index (χ1n) is 5.57. The van der Waals surface area contributed by atoms with E-state index in [-0.39, 0.29) is 5.56 Å². The molecule has 1 aromatic heterocycles. The fraction of sp³-hybridized carbons (Fsp3) is 0.214. The lowest BCUT2D eigenvalue weighted by molar-refractivity contribution is 0.497. The average molecular weight is 268 g/mol. The number of aryl methyl sites for hydroxylation is 1. The summed E-state index contributed by atoms with van der Waals surface area (Å²) in [6.45, 7) is 1.93. The van der Waals surface area contributed by atoms with Gasteiger partial charge in [-0.2, -0.15) is 0 Å². The fourth-order valence-corrected chi connectivity index (χ4v) is 2.00. The summed E-state index contributed by atoms with van der Waals surface area (Å²) in [5, 5.41) is -0.629. The molecule has 1 nitrogen and oxygen atoms in total. The van der Waals surface area contributed by atoms with Crippen LogP contribution in [0.5, 0.6) is 0 Å². The van der Waals surface area contributed by atoms with Crippen molar-refractivity contribution in [2.24, 2.45) is 0 Å². The number of halogens is 3. The maximum absolute atomic E-state index is 13.5. The zero-order valence-electron chi connectivity index (χ0n) is 9.83. The van der Waals surface area contributed by atoms with Crippen LogP contribution in [0.25, 0.3) is 0 Å². The van der Waals surface area contributed by atoms with E-state index in [0.717, 1.165) is 17.3 Å². The molecule has 18 heavy (non-hydrogen) atoms. The number of aromatic nitrogens is 1. The number of rotatable bonds is 3. The molecule has 0 radical (unpaired) electrons. The van der Waals surface area contributed by atoms with Crippen LogP contribution in [0.3, 0.4) is 0 Å². The second-order valence-corrected chi connectivity index (χ2v) is 4.67. The number of benzene rings is 1. The van der Waals surface area contributed by atoms with E-state index in [4.69, 9.17) is 11.6 Å². The van der Waals surface area contributed by atoms with Crippen LogP contribution in [0.15, 0.2) is 36.5 Å². The Morgan fingerprint density at radius 3 is 2.67 bits per heavy atom. The Kier molecular flexibility index (Phi) is 3.92. The minimum atomic E-state index is -0.885. The first-order chi connectivity index (χ1) is 8.58. The van der Waals surface area contributed by atoms with Gasteiger partial charge in [-0.05, 0) is 24.6 Å². The summed E-state index contributed by atoms with van der Waals surface area (Å²) in [4.78, 5) is 4.20. The van der Waals surface area contributed by atoms with Crippen molar-refractivity contribution in [2.45, 2.75) is 18.7 Å². The lowest BCUT2D eigenvalue weighted by atomic mass is 10.1. The van der Waals surface area contributed by atoms with Crippen LogP contribution in [-0.4, -0.2) is 4.98 Å². The summed E-state index contributed by atoms with van der Waals surface area (Å²) in [7, 11) is 0. The van der Waals surface area contributed by atoms with E-state index in [9.17, 15) is 8.78 Å². The van der Waals surface area contributed by atoms with E-state index in [2.05, 4.69) is 4.98 Å². The maximum atomic E-state index is 13.5. The van der Waals surface area contributed by atoms with Crippen molar-refractivity contribution in [3.63, 3.8) is 0 Å². The molecule has 1 aromatic carbocycles. The Morgan fingerprint density at radius 1 is 1.22 bits per heavy atom. The van der Waals surface area contributed by atoms with E-state index < -0.39 is 17.0 Å². The first kappa shape index (κ1) is 13.0. The minimum Gasteiger partial charge on any atom is -0.261 e. The molecule has 1 heterocycles. The fourth-order valence-electron chi connectivity index (χ4n) is 1.68. The van der Waals surface area contributed by atoms with Crippen LogP contribution in [0.1, 0.15) is 22.2 Å². The number of hydrogen-bond donors (Lipinski definition) is 0. The largest absolute Gasteiger partial charge is 0.261 e. The van der Waals surface area contributed by atoms with Crippen LogP contribution in [0.4, 0.5) is 8.78 Å². The molecule has 0 aliphatic carbocycles. The van der Waals surface area contributed by atoms with Gasteiger partial charge in [-0.25, -0.2) is 8.78 Å². The van der Waals surface area contributed by atoms with Crippen molar-refractivity contribution >= 4 is 11.6 Å². The molecule has 0 spiro atoms. The molecule has 94 valence electrons. The molecule has 0 N–H and O–H groups in total. The molecule has 0 bridgehead atoms. The van der Waals surface area contributed by atoms with Gasteiger partial charge in [-0.1, -0.05) is 18.2 Å².